The van der Waals surface area contributed by atoms with E-state index in [1.165, 1.54) is 6.08 Å². The van der Waals surface area contributed by atoms with Crippen molar-refractivity contribution in [1.82, 2.24) is 0 Å². The largest absolute Gasteiger partial charge is 0.490 e. The molecule has 144 valence electrons. The van der Waals surface area contributed by atoms with Gasteiger partial charge in [-0.2, -0.15) is 5.26 Å². The topological polar surface area (TPSA) is 89.8 Å². The Morgan fingerprint density at radius 3 is 2.61 bits per heavy atom. The van der Waals surface area contributed by atoms with Crippen LogP contribution in [-0.2, 0) is 4.79 Å². The maximum Gasteiger partial charge on any atom is 0.266 e. The summed E-state index contributed by atoms with van der Waals surface area (Å²) in [6.45, 7) is 4.89. The first-order valence-electron chi connectivity index (χ1n) is 8.87. The van der Waals surface area contributed by atoms with Gasteiger partial charge in [0.15, 0.2) is 23.0 Å². The molecule has 7 nitrogen and oxygen atoms in total. The predicted octanol–water partition coefficient (Wildman–Crippen LogP) is 3.76. The number of hydrogen-bond donors (Lipinski definition) is 1. The number of rotatable bonds is 7. The monoisotopic (exact) mass is 380 g/mol. The third-order valence-corrected chi connectivity index (χ3v) is 3.87. The van der Waals surface area contributed by atoms with E-state index in [1.54, 1.807) is 36.4 Å². The van der Waals surface area contributed by atoms with Crippen LogP contribution in [0.5, 0.6) is 23.0 Å². The molecule has 0 saturated carbocycles. The molecule has 0 aliphatic carbocycles. The van der Waals surface area contributed by atoms with Crippen LogP contribution in [0.2, 0.25) is 0 Å². The summed E-state index contributed by atoms with van der Waals surface area (Å²) >= 11 is 0. The SMILES string of the molecule is CCOc1ccc(C=C(C#N)C(=O)Nc2ccc3c(c2)OCO3)cc1OCC. The second-order valence-corrected chi connectivity index (χ2v) is 5.76. The first kappa shape index (κ1) is 19.1. The Kier molecular flexibility index (Phi) is 6.02. The fraction of sp³-hybridized carbons (Fsp3) is 0.238. The molecular weight excluding hydrogens is 360 g/mol. The van der Waals surface area contributed by atoms with E-state index < -0.39 is 5.91 Å². The highest BCUT2D eigenvalue weighted by Crippen LogP contribution is 2.34. The van der Waals surface area contributed by atoms with E-state index >= 15 is 0 Å². The molecule has 0 saturated heterocycles. The summed E-state index contributed by atoms with van der Waals surface area (Å²) in [7, 11) is 0. The molecule has 0 fully saturated rings. The second-order valence-electron chi connectivity index (χ2n) is 5.76. The Balaban J connectivity index is 1.80. The zero-order valence-corrected chi connectivity index (χ0v) is 15.7. The molecule has 2 aromatic carbocycles. The van der Waals surface area contributed by atoms with E-state index in [1.807, 2.05) is 19.9 Å². The standard InChI is InChI=1S/C21H20N2O5/c1-3-25-17-7-5-14(10-19(17)26-4-2)9-15(12-22)21(24)23-16-6-8-18-20(11-16)28-13-27-18/h5-11H,3-4,13H2,1-2H3,(H,23,24). The predicted molar refractivity (Wildman–Crippen MR) is 104 cm³/mol. The van der Waals surface area contributed by atoms with E-state index in [2.05, 4.69) is 5.32 Å². The number of carbonyl (C=O) groups is 1. The molecule has 1 heterocycles. The maximum atomic E-state index is 12.5. The molecule has 0 radical (unpaired) electrons. The third-order valence-electron chi connectivity index (χ3n) is 3.87. The lowest BCUT2D eigenvalue weighted by Gasteiger charge is -2.11. The molecule has 1 aliphatic rings. The first-order chi connectivity index (χ1) is 13.6. The number of nitrogens with one attached hydrogen (secondary N) is 1. The molecule has 3 rings (SSSR count). The van der Waals surface area contributed by atoms with Crippen LogP contribution < -0.4 is 24.3 Å². The Labute approximate surface area is 163 Å². The number of nitrogens with zero attached hydrogens (tertiary/aromatic N) is 1. The lowest BCUT2D eigenvalue weighted by atomic mass is 10.1. The molecule has 7 heteroatoms. The molecule has 0 unspecified atom stereocenters. The van der Waals surface area contributed by atoms with Gasteiger partial charge in [-0.1, -0.05) is 6.07 Å². The Bertz CT molecular complexity index is 946. The van der Waals surface area contributed by atoms with Gasteiger partial charge in [0, 0.05) is 11.8 Å². The van der Waals surface area contributed by atoms with Crippen LogP contribution in [-0.4, -0.2) is 25.9 Å². The number of anilines is 1. The Morgan fingerprint density at radius 2 is 1.86 bits per heavy atom. The van der Waals surface area contributed by atoms with Crippen molar-refractivity contribution in [3.05, 3.63) is 47.5 Å². The molecule has 28 heavy (non-hydrogen) atoms. The summed E-state index contributed by atoms with van der Waals surface area (Å²) < 4.78 is 21.6. The summed E-state index contributed by atoms with van der Waals surface area (Å²) in [4.78, 5) is 12.5. The van der Waals surface area contributed by atoms with Crippen molar-refractivity contribution in [2.24, 2.45) is 0 Å². The van der Waals surface area contributed by atoms with Crippen LogP contribution in [0.15, 0.2) is 42.0 Å². The molecule has 1 amide bonds. The molecule has 2 aromatic rings. The number of hydrogen-bond acceptors (Lipinski definition) is 6. The van der Waals surface area contributed by atoms with E-state index in [4.69, 9.17) is 18.9 Å². The number of ether oxygens (including phenoxy) is 4. The average Bonchev–Trinajstić information content (AvgIpc) is 3.16. The fourth-order valence-electron chi connectivity index (χ4n) is 2.65. The zero-order chi connectivity index (χ0) is 19.9. The Morgan fingerprint density at radius 1 is 1.11 bits per heavy atom. The lowest BCUT2D eigenvalue weighted by Crippen LogP contribution is -2.13. The van der Waals surface area contributed by atoms with Gasteiger partial charge in [-0.15, -0.1) is 0 Å². The molecule has 0 atom stereocenters. The van der Waals surface area contributed by atoms with E-state index in [0.29, 0.717) is 47.5 Å². The smallest absolute Gasteiger partial charge is 0.266 e. The van der Waals surface area contributed by atoms with Crippen molar-refractivity contribution < 1.29 is 23.7 Å². The van der Waals surface area contributed by atoms with E-state index in [9.17, 15) is 10.1 Å². The highest BCUT2D eigenvalue weighted by Gasteiger charge is 2.16. The summed E-state index contributed by atoms with van der Waals surface area (Å²) in [6.07, 6.45) is 1.50. The number of nitriles is 1. The van der Waals surface area contributed by atoms with Crippen LogP contribution >= 0.6 is 0 Å². The Hall–Kier alpha value is -3.66. The van der Waals surface area contributed by atoms with Crippen molar-refractivity contribution in [2.75, 3.05) is 25.3 Å². The van der Waals surface area contributed by atoms with E-state index in [0.717, 1.165) is 0 Å². The van der Waals surface area contributed by atoms with Gasteiger partial charge in [-0.25, -0.2) is 0 Å². The highest BCUT2D eigenvalue weighted by molar-refractivity contribution is 6.09. The number of benzene rings is 2. The minimum Gasteiger partial charge on any atom is -0.490 e. The first-order valence-corrected chi connectivity index (χ1v) is 8.87. The second kappa shape index (κ2) is 8.82. The lowest BCUT2D eigenvalue weighted by molar-refractivity contribution is -0.112. The van der Waals surface area contributed by atoms with E-state index in [-0.39, 0.29) is 12.4 Å². The molecular formula is C21H20N2O5. The molecule has 0 spiro atoms. The fourth-order valence-corrected chi connectivity index (χ4v) is 2.65. The average molecular weight is 380 g/mol. The third kappa shape index (κ3) is 4.35. The van der Waals surface area contributed by atoms with Crippen LogP contribution in [0.25, 0.3) is 6.08 Å². The van der Waals surface area contributed by atoms with Crippen molar-refractivity contribution in [2.45, 2.75) is 13.8 Å². The summed E-state index contributed by atoms with van der Waals surface area (Å²) in [6, 6.07) is 12.2. The maximum absolute atomic E-state index is 12.5. The highest BCUT2D eigenvalue weighted by atomic mass is 16.7. The van der Waals surface area contributed by atoms with Crippen LogP contribution in [0.3, 0.4) is 0 Å². The minimum atomic E-state index is -0.520. The van der Waals surface area contributed by atoms with Gasteiger partial charge in [-0.05, 0) is 49.8 Å². The zero-order valence-electron chi connectivity index (χ0n) is 15.7. The number of carbonyl (C=O) groups excluding carboxylic acids is 1. The van der Waals surface area contributed by atoms with Crippen molar-refractivity contribution >= 4 is 17.7 Å². The summed E-state index contributed by atoms with van der Waals surface area (Å²) in [5, 5.41) is 12.1. The number of fused-ring (bicyclic) bond motifs is 1. The van der Waals surface area contributed by atoms with Crippen molar-refractivity contribution in [3.8, 4) is 29.1 Å². The van der Waals surface area contributed by atoms with Gasteiger partial charge >= 0.3 is 0 Å². The van der Waals surface area contributed by atoms with Gasteiger partial charge in [-0.3, -0.25) is 4.79 Å². The molecule has 1 N–H and O–H groups in total. The van der Waals surface area contributed by atoms with Crippen LogP contribution in [0.1, 0.15) is 19.4 Å². The van der Waals surface area contributed by atoms with Crippen LogP contribution in [0, 0.1) is 11.3 Å². The molecule has 0 bridgehead atoms. The number of amides is 1. The summed E-state index contributed by atoms with van der Waals surface area (Å²) in [5.41, 5.74) is 1.13. The van der Waals surface area contributed by atoms with Gasteiger partial charge in [0.05, 0.1) is 13.2 Å². The van der Waals surface area contributed by atoms with Crippen molar-refractivity contribution in [1.29, 1.82) is 5.26 Å². The normalized spacial score (nSPS) is 12.2. The van der Waals surface area contributed by atoms with Gasteiger partial charge in [0.1, 0.15) is 11.6 Å². The van der Waals surface area contributed by atoms with Crippen molar-refractivity contribution in [3.63, 3.8) is 0 Å². The minimum absolute atomic E-state index is 0.0377. The van der Waals surface area contributed by atoms with Gasteiger partial charge in [0.25, 0.3) is 5.91 Å². The molecule has 0 aromatic heterocycles. The van der Waals surface area contributed by atoms with Crippen LogP contribution in [0.4, 0.5) is 5.69 Å². The molecule has 1 aliphatic heterocycles. The summed E-state index contributed by atoms with van der Waals surface area (Å²) in [5.74, 6) is 1.82. The quantitative estimate of drug-likeness (QED) is 0.581. The van der Waals surface area contributed by atoms with Gasteiger partial charge in [0.2, 0.25) is 6.79 Å². The van der Waals surface area contributed by atoms with Gasteiger partial charge < -0.3 is 24.3 Å².